The Morgan fingerprint density at radius 2 is 2.38 bits per heavy atom. The Hall–Kier alpha value is -1.20. The Morgan fingerprint density at radius 1 is 1.62 bits per heavy atom. The van der Waals surface area contributed by atoms with Crippen LogP contribution < -0.4 is 0 Å². The molecule has 1 rings (SSSR count). The molecule has 0 aliphatic carbocycles. The molecule has 0 aliphatic heterocycles. The minimum atomic E-state index is -0.381. The van der Waals surface area contributed by atoms with Crippen molar-refractivity contribution < 1.29 is 14.6 Å². The number of halogens is 1. The lowest BCUT2D eigenvalue weighted by molar-refractivity contribution is -0.139. The van der Waals surface area contributed by atoms with Gasteiger partial charge in [0.05, 0.1) is 13.5 Å². The van der Waals surface area contributed by atoms with Gasteiger partial charge in [-0.1, -0.05) is 11.6 Å². The summed E-state index contributed by atoms with van der Waals surface area (Å²) >= 11 is 5.89. The molecule has 0 bridgehead atoms. The predicted molar refractivity (Wildman–Crippen MR) is 58.2 cm³/mol. The maximum Gasteiger partial charge on any atom is 0.310 e. The van der Waals surface area contributed by atoms with Crippen LogP contribution in [0.2, 0.25) is 5.15 Å². The number of carbonyl (C=O) groups excluding carboxylic acids is 1. The molecule has 0 amide bonds. The van der Waals surface area contributed by atoms with E-state index < -0.39 is 0 Å². The van der Waals surface area contributed by atoms with E-state index in [0.717, 1.165) is 0 Å². The van der Waals surface area contributed by atoms with Crippen LogP contribution in [0.25, 0.3) is 0 Å². The summed E-state index contributed by atoms with van der Waals surface area (Å²) in [7, 11) is 1.31. The van der Waals surface area contributed by atoms with Gasteiger partial charge in [0.25, 0.3) is 0 Å². The van der Waals surface area contributed by atoms with Gasteiger partial charge in [-0.05, 0) is 6.42 Å². The molecule has 0 unspecified atom stereocenters. The van der Waals surface area contributed by atoms with Crippen molar-refractivity contribution in [3.63, 3.8) is 0 Å². The maximum absolute atomic E-state index is 11.0. The fraction of sp³-hybridized carbons (Fsp3) is 0.500. The monoisotopic (exact) mass is 244 g/mol. The van der Waals surface area contributed by atoms with E-state index in [1.165, 1.54) is 13.3 Å². The molecule has 0 fully saturated rings. The summed E-state index contributed by atoms with van der Waals surface area (Å²) in [6, 6.07) is 0. The number of aliphatic hydroxyl groups excluding tert-OH is 1. The number of ether oxygens (including phenoxy) is 1. The van der Waals surface area contributed by atoms with Gasteiger partial charge in [-0.3, -0.25) is 4.79 Å². The van der Waals surface area contributed by atoms with Crippen molar-refractivity contribution in [2.45, 2.75) is 19.3 Å². The molecule has 0 aliphatic rings. The first kappa shape index (κ1) is 12.9. The first-order valence-electron chi connectivity index (χ1n) is 4.85. The van der Waals surface area contributed by atoms with Crippen molar-refractivity contribution in [2.75, 3.05) is 13.7 Å². The van der Waals surface area contributed by atoms with Crippen molar-refractivity contribution in [1.29, 1.82) is 0 Å². The number of hydrogen-bond donors (Lipinski definition) is 1. The Morgan fingerprint density at radius 3 is 2.94 bits per heavy atom. The third-order valence-corrected chi connectivity index (χ3v) is 2.31. The van der Waals surface area contributed by atoms with Gasteiger partial charge in [-0.2, -0.15) is 0 Å². The van der Waals surface area contributed by atoms with Crippen LogP contribution in [0, 0.1) is 0 Å². The van der Waals surface area contributed by atoms with Gasteiger partial charge >= 0.3 is 5.97 Å². The second-order valence-corrected chi connectivity index (χ2v) is 3.54. The van der Waals surface area contributed by atoms with Crippen LogP contribution >= 0.6 is 11.6 Å². The summed E-state index contributed by atoms with van der Waals surface area (Å²) in [5.41, 5.74) is 0.543. The summed E-state index contributed by atoms with van der Waals surface area (Å²) in [6.45, 7) is 0.0882. The van der Waals surface area contributed by atoms with Crippen LogP contribution in [0.5, 0.6) is 0 Å². The highest BCUT2D eigenvalue weighted by Gasteiger charge is 2.09. The third-order valence-electron chi connectivity index (χ3n) is 1.98. The molecule has 16 heavy (non-hydrogen) atoms. The zero-order valence-electron chi connectivity index (χ0n) is 8.94. The Balaban J connectivity index is 2.71. The Labute approximate surface area is 98.4 Å². The molecule has 1 heterocycles. The van der Waals surface area contributed by atoms with Crippen molar-refractivity contribution in [3.8, 4) is 0 Å². The lowest BCUT2D eigenvalue weighted by Gasteiger charge is -2.04. The standard InChI is InChI=1S/C10H13ClN2O3/c1-16-9(15)5-7-6-12-8(3-2-4-14)13-10(7)11/h6,14H,2-5H2,1H3. The molecule has 88 valence electrons. The van der Waals surface area contributed by atoms with Crippen molar-refractivity contribution in [2.24, 2.45) is 0 Å². The molecule has 6 heteroatoms. The highest BCUT2D eigenvalue weighted by Crippen LogP contribution is 2.13. The van der Waals surface area contributed by atoms with Gasteiger partial charge in [-0.15, -0.1) is 0 Å². The lowest BCUT2D eigenvalue weighted by atomic mass is 10.2. The Kier molecular flexibility index (Phi) is 5.14. The van der Waals surface area contributed by atoms with E-state index >= 15 is 0 Å². The minimum Gasteiger partial charge on any atom is -0.469 e. The third kappa shape index (κ3) is 3.75. The number of rotatable bonds is 5. The van der Waals surface area contributed by atoms with Crippen LogP contribution in [-0.4, -0.2) is 34.8 Å². The van der Waals surface area contributed by atoms with Gasteiger partial charge in [0, 0.05) is 24.8 Å². The van der Waals surface area contributed by atoms with Gasteiger partial charge in [0.15, 0.2) is 0 Å². The van der Waals surface area contributed by atoms with Crippen molar-refractivity contribution >= 4 is 17.6 Å². The highest BCUT2D eigenvalue weighted by atomic mass is 35.5. The number of nitrogens with zero attached hydrogens (tertiary/aromatic N) is 2. The van der Waals surface area contributed by atoms with Crippen LogP contribution in [0.1, 0.15) is 17.8 Å². The quantitative estimate of drug-likeness (QED) is 0.612. The van der Waals surface area contributed by atoms with Crippen LogP contribution in [0.4, 0.5) is 0 Å². The first-order chi connectivity index (χ1) is 7.67. The van der Waals surface area contributed by atoms with Crippen LogP contribution in [0.15, 0.2) is 6.20 Å². The molecule has 0 saturated heterocycles. The van der Waals surface area contributed by atoms with E-state index in [9.17, 15) is 4.79 Å². The lowest BCUT2D eigenvalue weighted by Crippen LogP contribution is -2.07. The van der Waals surface area contributed by atoms with E-state index in [4.69, 9.17) is 16.7 Å². The van der Waals surface area contributed by atoms with Gasteiger partial charge < -0.3 is 9.84 Å². The van der Waals surface area contributed by atoms with Gasteiger partial charge in [-0.25, -0.2) is 9.97 Å². The van der Waals surface area contributed by atoms with E-state index in [-0.39, 0.29) is 24.2 Å². The molecular weight excluding hydrogens is 232 g/mol. The molecular formula is C10H13ClN2O3. The highest BCUT2D eigenvalue weighted by molar-refractivity contribution is 6.30. The fourth-order valence-corrected chi connectivity index (χ4v) is 1.34. The topological polar surface area (TPSA) is 72.3 Å². The summed E-state index contributed by atoms with van der Waals surface area (Å²) < 4.78 is 4.52. The molecule has 0 radical (unpaired) electrons. The van der Waals surface area contributed by atoms with E-state index in [1.54, 1.807) is 0 Å². The number of hydrogen-bond acceptors (Lipinski definition) is 5. The number of aliphatic hydroxyl groups is 1. The van der Waals surface area contributed by atoms with E-state index in [0.29, 0.717) is 24.2 Å². The normalized spacial score (nSPS) is 10.2. The van der Waals surface area contributed by atoms with Crippen molar-refractivity contribution in [1.82, 2.24) is 9.97 Å². The van der Waals surface area contributed by atoms with Crippen LogP contribution in [-0.2, 0) is 22.4 Å². The number of aromatic nitrogens is 2. The molecule has 0 saturated carbocycles. The second-order valence-electron chi connectivity index (χ2n) is 3.18. The zero-order chi connectivity index (χ0) is 12.0. The summed E-state index contributed by atoms with van der Waals surface area (Å²) in [5, 5.41) is 8.91. The Bertz CT molecular complexity index is 371. The molecule has 0 atom stereocenters. The summed E-state index contributed by atoms with van der Waals surface area (Å²) in [4.78, 5) is 19.1. The number of carbonyl (C=O) groups is 1. The molecule has 0 spiro atoms. The summed E-state index contributed by atoms with van der Waals surface area (Å²) in [6.07, 6.45) is 2.73. The SMILES string of the molecule is COC(=O)Cc1cnc(CCCO)nc1Cl. The first-order valence-corrected chi connectivity index (χ1v) is 5.23. The van der Waals surface area contributed by atoms with Gasteiger partial charge in [0.2, 0.25) is 0 Å². The van der Waals surface area contributed by atoms with E-state index in [2.05, 4.69) is 14.7 Å². The predicted octanol–water partition coefficient (Wildman–Crippen LogP) is 0.770. The smallest absolute Gasteiger partial charge is 0.310 e. The average molecular weight is 245 g/mol. The van der Waals surface area contributed by atoms with Gasteiger partial charge in [0.1, 0.15) is 11.0 Å². The maximum atomic E-state index is 11.0. The second kappa shape index (κ2) is 6.40. The summed E-state index contributed by atoms with van der Waals surface area (Å²) in [5.74, 6) is 0.182. The molecule has 1 aromatic heterocycles. The largest absolute Gasteiger partial charge is 0.469 e. The molecule has 1 aromatic rings. The minimum absolute atomic E-state index is 0.0651. The van der Waals surface area contributed by atoms with Crippen LogP contribution in [0.3, 0.4) is 0 Å². The molecule has 0 aromatic carbocycles. The molecule has 5 nitrogen and oxygen atoms in total. The van der Waals surface area contributed by atoms with E-state index in [1.807, 2.05) is 0 Å². The average Bonchev–Trinajstić information content (AvgIpc) is 2.29. The molecule has 1 N–H and O–H groups in total. The number of methoxy groups -OCH3 is 1. The number of esters is 1. The number of aryl methyl sites for hydroxylation is 1. The fourth-order valence-electron chi connectivity index (χ4n) is 1.12. The zero-order valence-corrected chi connectivity index (χ0v) is 9.70. The van der Waals surface area contributed by atoms with Crippen molar-refractivity contribution in [3.05, 3.63) is 22.7 Å².